The maximum absolute atomic E-state index is 12.1. The molecule has 6 heteroatoms. The van der Waals surface area contributed by atoms with Gasteiger partial charge in [-0.05, 0) is 97.4 Å². The first kappa shape index (κ1) is 47.3. The Morgan fingerprint density at radius 3 is 1.53 bits per heavy atom. The predicted octanol–water partition coefficient (Wildman–Crippen LogP) is 11.3. The van der Waals surface area contributed by atoms with E-state index in [1.807, 2.05) is 12.2 Å². The lowest BCUT2D eigenvalue weighted by atomic mass is 9.84. The van der Waals surface area contributed by atoms with Gasteiger partial charge in [0.25, 0.3) is 0 Å². The van der Waals surface area contributed by atoms with Crippen molar-refractivity contribution in [2.75, 3.05) is 54.0 Å². The van der Waals surface area contributed by atoms with Crippen molar-refractivity contribution in [2.24, 2.45) is 11.8 Å². The Labute approximate surface area is 305 Å². The molecule has 0 fully saturated rings. The quantitative estimate of drug-likeness (QED) is 0.0370. The van der Waals surface area contributed by atoms with Gasteiger partial charge < -0.3 is 19.3 Å². The molecule has 2 unspecified atom stereocenters. The topological polar surface area (TPSA) is 59.1 Å². The minimum absolute atomic E-state index is 0.0574. The fourth-order valence-electron chi connectivity index (χ4n) is 6.41. The Kier molecular flexibility index (Phi) is 34.9. The van der Waals surface area contributed by atoms with Crippen LogP contribution in [0.4, 0.5) is 0 Å². The van der Waals surface area contributed by atoms with Gasteiger partial charge in [0.2, 0.25) is 0 Å². The van der Waals surface area contributed by atoms with Gasteiger partial charge in [-0.15, -0.1) is 0 Å². The molecule has 6 nitrogen and oxygen atoms in total. The number of nitrogens with zero attached hydrogens (tertiary/aromatic N) is 2. The lowest BCUT2D eigenvalue weighted by Crippen LogP contribution is -2.31. The van der Waals surface area contributed by atoms with E-state index in [1.54, 1.807) is 0 Å². The van der Waals surface area contributed by atoms with E-state index in [1.165, 1.54) is 109 Å². The third-order valence-corrected chi connectivity index (χ3v) is 9.71. The molecule has 0 radical (unpaired) electrons. The zero-order valence-electron chi connectivity index (χ0n) is 33.5. The lowest BCUT2D eigenvalue weighted by molar-refractivity contribution is -0.143. The van der Waals surface area contributed by atoms with E-state index in [4.69, 9.17) is 9.47 Å². The van der Waals surface area contributed by atoms with Crippen LogP contribution >= 0.6 is 0 Å². The van der Waals surface area contributed by atoms with Crippen LogP contribution in [0.25, 0.3) is 0 Å². The molecule has 0 aliphatic heterocycles. The predicted molar refractivity (Wildman–Crippen MR) is 211 cm³/mol. The zero-order valence-corrected chi connectivity index (χ0v) is 33.5. The number of allylic oxidation sites excluding steroid dienone is 2. The van der Waals surface area contributed by atoms with E-state index in [0.717, 1.165) is 51.6 Å². The minimum atomic E-state index is -0.0578. The van der Waals surface area contributed by atoms with E-state index in [0.29, 0.717) is 37.9 Å². The molecule has 0 bridgehead atoms. The first-order valence-electron chi connectivity index (χ1n) is 20.7. The Hall–Kier alpha value is -1.66. The van der Waals surface area contributed by atoms with Crippen LogP contribution in [0.15, 0.2) is 24.3 Å². The van der Waals surface area contributed by atoms with Crippen molar-refractivity contribution in [3.05, 3.63) is 24.3 Å². The molecule has 0 saturated heterocycles. The highest BCUT2D eigenvalue weighted by molar-refractivity contribution is 5.69. The van der Waals surface area contributed by atoms with Gasteiger partial charge >= 0.3 is 11.9 Å². The summed E-state index contributed by atoms with van der Waals surface area (Å²) in [5.41, 5.74) is 0. The van der Waals surface area contributed by atoms with Crippen LogP contribution in [0.5, 0.6) is 0 Å². The third kappa shape index (κ3) is 34.6. The Morgan fingerprint density at radius 2 is 1.02 bits per heavy atom. The van der Waals surface area contributed by atoms with Gasteiger partial charge in [0.05, 0.1) is 0 Å². The fourth-order valence-corrected chi connectivity index (χ4v) is 6.41. The summed E-state index contributed by atoms with van der Waals surface area (Å²) in [6.07, 6.45) is 35.7. The fraction of sp³-hybridized carbons (Fsp3) is 0.860. The van der Waals surface area contributed by atoms with Gasteiger partial charge in [-0.25, -0.2) is 0 Å². The largest absolute Gasteiger partial charge is 0.461 e. The summed E-state index contributed by atoms with van der Waals surface area (Å²) >= 11 is 0. The monoisotopic (exact) mass is 691 g/mol. The summed E-state index contributed by atoms with van der Waals surface area (Å²) in [4.78, 5) is 29.0. The zero-order chi connectivity index (χ0) is 36.2. The van der Waals surface area contributed by atoms with Crippen molar-refractivity contribution in [1.82, 2.24) is 9.80 Å². The summed E-state index contributed by atoms with van der Waals surface area (Å²) in [5, 5.41) is 0. The van der Waals surface area contributed by atoms with E-state index in [-0.39, 0.29) is 11.9 Å². The number of rotatable bonds is 36. The average molecular weight is 691 g/mol. The number of hydrogen-bond donors (Lipinski definition) is 0. The minimum Gasteiger partial charge on any atom is -0.461 e. The van der Waals surface area contributed by atoms with Crippen molar-refractivity contribution in [3.63, 3.8) is 0 Å². The van der Waals surface area contributed by atoms with Crippen LogP contribution in [0.3, 0.4) is 0 Å². The molecule has 0 rings (SSSR count). The van der Waals surface area contributed by atoms with E-state index >= 15 is 0 Å². The van der Waals surface area contributed by atoms with Crippen molar-refractivity contribution in [3.8, 4) is 0 Å². The van der Waals surface area contributed by atoms with Crippen LogP contribution in [0.2, 0.25) is 0 Å². The second kappa shape index (κ2) is 36.1. The van der Waals surface area contributed by atoms with E-state index in [2.05, 4.69) is 63.9 Å². The highest BCUT2D eigenvalue weighted by Crippen LogP contribution is 2.26. The second-order valence-electron chi connectivity index (χ2n) is 14.9. The highest BCUT2D eigenvalue weighted by atomic mass is 16.5. The van der Waals surface area contributed by atoms with Crippen molar-refractivity contribution < 1.29 is 19.1 Å². The summed E-state index contributed by atoms with van der Waals surface area (Å²) < 4.78 is 10.8. The summed E-state index contributed by atoms with van der Waals surface area (Å²) in [7, 11) is 6.60. The van der Waals surface area contributed by atoms with Gasteiger partial charge in [0.1, 0.15) is 13.2 Å². The number of carbonyl (C=O) groups is 2. The maximum Gasteiger partial charge on any atom is 0.306 e. The Balaban J connectivity index is 4.25. The molecule has 49 heavy (non-hydrogen) atoms. The number of esters is 2. The highest BCUT2D eigenvalue weighted by Gasteiger charge is 2.19. The molecule has 0 aromatic rings. The van der Waals surface area contributed by atoms with Crippen LogP contribution in [0.1, 0.15) is 175 Å². The van der Waals surface area contributed by atoms with Gasteiger partial charge in [-0.3, -0.25) is 9.59 Å². The van der Waals surface area contributed by atoms with Crippen LogP contribution < -0.4 is 0 Å². The molecule has 0 spiro atoms. The van der Waals surface area contributed by atoms with Crippen molar-refractivity contribution >= 4 is 11.9 Å². The molecule has 0 aromatic carbocycles. The van der Waals surface area contributed by atoms with Gasteiger partial charge in [0.15, 0.2) is 0 Å². The number of carbonyl (C=O) groups excluding carboxylic acids is 2. The first-order chi connectivity index (χ1) is 23.8. The Morgan fingerprint density at radius 1 is 0.551 bits per heavy atom. The summed E-state index contributed by atoms with van der Waals surface area (Å²) in [5.74, 6) is 1.31. The molecule has 2 atom stereocenters. The molecule has 288 valence electrons. The normalized spacial score (nSPS) is 13.2. The first-order valence-corrected chi connectivity index (χ1v) is 20.7. The molecule has 0 heterocycles. The molecule has 0 amide bonds. The van der Waals surface area contributed by atoms with Gasteiger partial charge in [-0.2, -0.15) is 0 Å². The average Bonchev–Trinajstić information content (AvgIpc) is 3.07. The molecule has 0 aromatic heterocycles. The lowest BCUT2D eigenvalue weighted by Gasteiger charge is -2.29. The van der Waals surface area contributed by atoms with E-state index in [9.17, 15) is 9.59 Å². The van der Waals surface area contributed by atoms with Crippen LogP contribution in [0, 0.1) is 11.8 Å². The molecule has 0 N–H and O–H groups in total. The van der Waals surface area contributed by atoms with Crippen LogP contribution in [-0.4, -0.2) is 75.7 Å². The summed E-state index contributed by atoms with van der Waals surface area (Å²) in [6.45, 7) is 11.2. The second-order valence-corrected chi connectivity index (χ2v) is 14.9. The maximum atomic E-state index is 12.1. The number of ether oxygens (including phenoxy) is 2. The number of unbranched alkanes of at least 4 members (excludes halogenated alkanes) is 15. The molecular weight excluding hydrogens is 608 g/mol. The summed E-state index contributed by atoms with van der Waals surface area (Å²) in [6, 6.07) is 0. The molecule has 0 aliphatic carbocycles. The third-order valence-electron chi connectivity index (χ3n) is 9.71. The van der Waals surface area contributed by atoms with Crippen molar-refractivity contribution in [2.45, 2.75) is 175 Å². The molecule has 0 aliphatic rings. The van der Waals surface area contributed by atoms with E-state index < -0.39 is 0 Å². The number of hydrogen-bond acceptors (Lipinski definition) is 6. The SMILES string of the molecule is CCCCCC/C=C/COC(=O)CCCCCCCC(CN(C)CCCN(C)C)C(C)CCCCCCC(=O)OC/C=C/CCCCCC. The Bertz CT molecular complexity index is 797. The molecule has 0 saturated carbocycles. The molecular formula is C43H82N2O4. The van der Waals surface area contributed by atoms with Crippen LogP contribution in [-0.2, 0) is 19.1 Å². The van der Waals surface area contributed by atoms with Gasteiger partial charge in [0, 0.05) is 19.4 Å². The standard InChI is InChI=1S/C43H82N2O4/c1-7-9-11-13-15-22-28-37-48-42(46)33-26-19-17-18-25-32-41(39-45(6)36-30-35-44(4)5)40(3)31-24-20-21-27-34-43(47)49-38-29-23-16-14-12-10-8-2/h22-23,28-29,40-41H,7-21,24-27,30-39H2,1-6H3/b28-22+,29-23+. The smallest absolute Gasteiger partial charge is 0.306 e. The van der Waals surface area contributed by atoms with Gasteiger partial charge in [-0.1, -0.05) is 135 Å². The van der Waals surface area contributed by atoms with Crippen molar-refractivity contribution in [1.29, 1.82) is 0 Å².